The average molecular weight is 314 g/mol. The zero-order valence-corrected chi connectivity index (χ0v) is 13.2. The maximum atomic E-state index is 6.20. The lowest BCUT2D eigenvalue weighted by atomic mass is 9.95. The molecule has 0 bridgehead atoms. The largest absolute Gasteiger partial charge is 0.454 e. The van der Waals surface area contributed by atoms with E-state index < -0.39 is 0 Å². The number of ether oxygens (including phenoxy) is 2. The molecular formula is C15H20ClNO2S. The van der Waals surface area contributed by atoms with Crippen molar-refractivity contribution in [3.05, 3.63) is 22.7 Å². The van der Waals surface area contributed by atoms with E-state index in [-0.39, 0.29) is 6.79 Å². The van der Waals surface area contributed by atoms with E-state index in [2.05, 4.69) is 11.6 Å². The standard InChI is InChI=1S/C15H20ClNO2S/c1-20-12-4-2-11(3-5-12)17-8-10-6-13(16)15-14(7-10)18-9-19-15/h6-7,11-12,17H,2-5,8-9H2,1H3. The van der Waals surface area contributed by atoms with Crippen LogP contribution in [0.15, 0.2) is 12.1 Å². The Morgan fingerprint density at radius 1 is 1.25 bits per heavy atom. The summed E-state index contributed by atoms with van der Waals surface area (Å²) in [5.41, 5.74) is 1.16. The summed E-state index contributed by atoms with van der Waals surface area (Å²) < 4.78 is 10.7. The van der Waals surface area contributed by atoms with E-state index in [1.165, 1.54) is 25.7 Å². The lowest BCUT2D eigenvalue weighted by Crippen LogP contribution is -2.33. The number of benzene rings is 1. The van der Waals surface area contributed by atoms with Gasteiger partial charge in [-0.1, -0.05) is 11.6 Å². The molecule has 1 heterocycles. The average Bonchev–Trinajstić information content (AvgIpc) is 2.94. The molecule has 20 heavy (non-hydrogen) atoms. The Labute approximate surface area is 129 Å². The summed E-state index contributed by atoms with van der Waals surface area (Å²) in [6.45, 7) is 1.11. The second-order valence-corrected chi connectivity index (χ2v) is 6.95. The first-order valence-corrected chi connectivity index (χ1v) is 8.77. The van der Waals surface area contributed by atoms with Gasteiger partial charge in [0.15, 0.2) is 11.5 Å². The highest BCUT2D eigenvalue weighted by molar-refractivity contribution is 7.99. The molecule has 2 aliphatic rings. The van der Waals surface area contributed by atoms with Crippen LogP contribution in [0.5, 0.6) is 11.5 Å². The van der Waals surface area contributed by atoms with E-state index >= 15 is 0 Å². The highest BCUT2D eigenvalue weighted by Gasteiger charge is 2.21. The van der Waals surface area contributed by atoms with Crippen LogP contribution in [0.3, 0.4) is 0 Å². The molecule has 3 rings (SSSR count). The van der Waals surface area contributed by atoms with Crippen molar-refractivity contribution in [2.45, 2.75) is 43.5 Å². The maximum Gasteiger partial charge on any atom is 0.231 e. The summed E-state index contributed by atoms with van der Waals surface area (Å²) >= 11 is 8.20. The van der Waals surface area contributed by atoms with Gasteiger partial charge in [0.1, 0.15) is 0 Å². The molecule has 0 unspecified atom stereocenters. The molecule has 1 aromatic carbocycles. The summed E-state index contributed by atoms with van der Waals surface area (Å²) in [4.78, 5) is 0. The molecule has 1 aliphatic heterocycles. The molecule has 0 radical (unpaired) electrons. The topological polar surface area (TPSA) is 30.5 Å². The van der Waals surface area contributed by atoms with Crippen LogP contribution in [0.1, 0.15) is 31.2 Å². The molecule has 1 saturated carbocycles. The van der Waals surface area contributed by atoms with Crippen molar-refractivity contribution in [1.82, 2.24) is 5.32 Å². The first-order chi connectivity index (χ1) is 9.76. The van der Waals surface area contributed by atoms with Gasteiger partial charge in [0.25, 0.3) is 0 Å². The molecule has 5 heteroatoms. The third-order valence-electron chi connectivity index (χ3n) is 4.09. The zero-order chi connectivity index (χ0) is 13.9. The second-order valence-electron chi connectivity index (χ2n) is 5.40. The number of fused-ring (bicyclic) bond motifs is 1. The Balaban J connectivity index is 1.55. The predicted octanol–water partition coefficient (Wildman–Crippen LogP) is 3.83. The Morgan fingerprint density at radius 2 is 2.05 bits per heavy atom. The van der Waals surface area contributed by atoms with E-state index in [1.807, 2.05) is 23.9 Å². The summed E-state index contributed by atoms with van der Waals surface area (Å²) in [5.74, 6) is 1.44. The van der Waals surface area contributed by atoms with Gasteiger partial charge in [0, 0.05) is 17.8 Å². The molecule has 3 nitrogen and oxygen atoms in total. The Bertz CT molecular complexity index is 475. The van der Waals surface area contributed by atoms with E-state index in [1.54, 1.807) is 0 Å². The molecule has 0 aromatic heterocycles. The van der Waals surface area contributed by atoms with Gasteiger partial charge in [-0.3, -0.25) is 0 Å². The minimum Gasteiger partial charge on any atom is -0.454 e. The third kappa shape index (κ3) is 3.18. The lowest BCUT2D eigenvalue weighted by molar-refractivity contribution is 0.174. The fourth-order valence-electron chi connectivity index (χ4n) is 2.89. The number of thioether (sulfide) groups is 1. The molecule has 110 valence electrons. The highest BCUT2D eigenvalue weighted by atomic mass is 35.5. The number of nitrogens with one attached hydrogen (secondary N) is 1. The van der Waals surface area contributed by atoms with Crippen LogP contribution < -0.4 is 14.8 Å². The van der Waals surface area contributed by atoms with Gasteiger partial charge in [0.05, 0.1) is 5.02 Å². The fourth-order valence-corrected chi connectivity index (χ4v) is 3.92. The summed E-state index contributed by atoms with van der Waals surface area (Å²) in [5, 5.41) is 5.13. The number of halogens is 1. The Morgan fingerprint density at radius 3 is 2.80 bits per heavy atom. The highest BCUT2D eigenvalue weighted by Crippen LogP contribution is 2.39. The lowest BCUT2D eigenvalue weighted by Gasteiger charge is -2.28. The van der Waals surface area contributed by atoms with Crippen LogP contribution in [-0.2, 0) is 6.54 Å². The van der Waals surface area contributed by atoms with Crippen molar-refractivity contribution >= 4 is 23.4 Å². The SMILES string of the molecule is CSC1CCC(NCc2cc(Cl)c3c(c2)OCO3)CC1. The monoisotopic (exact) mass is 313 g/mol. The minimum absolute atomic E-state index is 0.268. The molecule has 1 fully saturated rings. The molecular weight excluding hydrogens is 294 g/mol. The quantitative estimate of drug-likeness (QED) is 0.915. The molecule has 1 N–H and O–H groups in total. The van der Waals surface area contributed by atoms with Gasteiger partial charge in [-0.2, -0.15) is 11.8 Å². The summed E-state index contributed by atoms with van der Waals surface area (Å²) in [6, 6.07) is 4.62. The molecule has 0 atom stereocenters. The van der Waals surface area contributed by atoms with E-state index in [9.17, 15) is 0 Å². The molecule has 1 aliphatic carbocycles. The van der Waals surface area contributed by atoms with Crippen LogP contribution in [0.2, 0.25) is 5.02 Å². The van der Waals surface area contributed by atoms with Crippen LogP contribution in [0, 0.1) is 0 Å². The van der Waals surface area contributed by atoms with Crippen LogP contribution >= 0.6 is 23.4 Å². The molecule has 0 amide bonds. The van der Waals surface area contributed by atoms with E-state index in [4.69, 9.17) is 21.1 Å². The van der Waals surface area contributed by atoms with Gasteiger partial charge < -0.3 is 14.8 Å². The maximum absolute atomic E-state index is 6.20. The number of rotatable bonds is 4. The van der Waals surface area contributed by atoms with Crippen molar-refractivity contribution in [2.24, 2.45) is 0 Å². The van der Waals surface area contributed by atoms with Gasteiger partial charge in [-0.25, -0.2) is 0 Å². The van der Waals surface area contributed by atoms with Crippen molar-refractivity contribution in [3.8, 4) is 11.5 Å². The first-order valence-electron chi connectivity index (χ1n) is 7.10. The predicted molar refractivity (Wildman–Crippen MR) is 84.0 cm³/mol. The van der Waals surface area contributed by atoms with E-state index in [0.717, 1.165) is 23.1 Å². The van der Waals surface area contributed by atoms with Crippen LogP contribution in [-0.4, -0.2) is 24.3 Å². The third-order valence-corrected chi connectivity index (χ3v) is 5.51. The normalized spacial score (nSPS) is 24.9. The number of hydrogen-bond acceptors (Lipinski definition) is 4. The smallest absolute Gasteiger partial charge is 0.231 e. The zero-order valence-electron chi connectivity index (χ0n) is 11.7. The van der Waals surface area contributed by atoms with Crippen LogP contribution in [0.25, 0.3) is 0 Å². The summed E-state index contributed by atoms with van der Waals surface area (Å²) in [6.07, 6.45) is 7.39. The van der Waals surface area contributed by atoms with Gasteiger partial charge in [0.2, 0.25) is 6.79 Å². The summed E-state index contributed by atoms with van der Waals surface area (Å²) in [7, 11) is 0. The number of hydrogen-bond donors (Lipinski definition) is 1. The molecule has 0 saturated heterocycles. The minimum atomic E-state index is 0.268. The van der Waals surface area contributed by atoms with Gasteiger partial charge in [-0.05, 0) is 49.6 Å². The fraction of sp³-hybridized carbons (Fsp3) is 0.600. The van der Waals surface area contributed by atoms with Crippen molar-refractivity contribution < 1.29 is 9.47 Å². The first kappa shape index (κ1) is 14.4. The van der Waals surface area contributed by atoms with Crippen LogP contribution in [0.4, 0.5) is 0 Å². The van der Waals surface area contributed by atoms with Gasteiger partial charge >= 0.3 is 0 Å². The van der Waals surface area contributed by atoms with Crippen molar-refractivity contribution in [3.63, 3.8) is 0 Å². The van der Waals surface area contributed by atoms with E-state index in [0.29, 0.717) is 16.8 Å². The second kappa shape index (κ2) is 6.46. The van der Waals surface area contributed by atoms with Gasteiger partial charge in [-0.15, -0.1) is 0 Å². The van der Waals surface area contributed by atoms with Crippen molar-refractivity contribution in [1.29, 1.82) is 0 Å². The molecule has 0 spiro atoms. The Kier molecular flexibility index (Phi) is 4.64. The van der Waals surface area contributed by atoms with Crippen molar-refractivity contribution in [2.75, 3.05) is 13.0 Å². The Hall–Kier alpha value is -0.580. The molecule has 1 aromatic rings.